The summed E-state index contributed by atoms with van der Waals surface area (Å²) >= 11 is 0. The molecule has 0 aromatic rings. The molecule has 3 heteroatoms. The number of hydrogen-bond donors (Lipinski definition) is 0. The molecular formula is C8H8N2O. The maximum Gasteiger partial charge on any atom is 0.236 e. The largest absolute Gasteiger partial charge is 0.236 e. The second kappa shape index (κ2) is 1.93. The van der Waals surface area contributed by atoms with E-state index in [9.17, 15) is 4.79 Å². The highest BCUT2D eigenvalue weighted by atomic mass is 16.1. The zero-order valence-corrected chi connectivity index (χ0v) is 6.08. The minimum absolute atomic E-state index is 0.369. The Labute approximate surface area is 64.7 Å². The summed E-state index contributed by atoms with van der Waals surface area (Å²) in [7, 11) is 0. The van der Waals surface area contributed by atoms with E-state index in [1.165, 1.54) is 6.08 Å². The first-order valence-corrected chi connectivity index (χ1v) is 3.83. The van der Waals surface area contributed by atoms with Crippen molar-refractivity contribution in [3.63, 3.8) is 0 Å². The summed E-state index contributed by atoms with van der Waals surface area (Å²) in [4.78, 5) is 13.7. The summed E-state index contributed by atoms with van der Waals surface area (Å²) in [5.74, 6) is 1.04. The Bertz CT molecular complexity index is 274. The quantitative estimate of drug-likeness (QED) is 0.411. The molecule has 3 atom stereocenters. The van der Waals surface area contributed by atoms with Crippen LogP contribution < -0.4 is 0 Å². The van der Waals surface area contributed by atoms with Crippen LogP contribution in [0.5, 0.6) is 0 Å². The number of isocyanates is 1. The van der Waals surface area contributed by atoms with Crippen molar-refractivity contribution in [3.05, 3.63) is 0 Å². The Morgan fingerprint density at radius 3 is 2.82 bits per heavy atom. The van der Waals surface area contributed by atoms with E-state index in [4.69, 9.17) is 5.26 Å². The highest BCUT2D eigenvalue weighted by Gasteiger charge is 2.59. The molecule has 0 aromatic carbocycles. The number of nitriles is 1. The van der Waals surface area contributed by atoms with Crippen molar-refractivity contribution in [2.45, 2.75) is 24.8 Å². The number of fused-ring (bicyclic) bond motifs is 1. The topological polar surface area (TPSA) is 53.2 Å². The lowest BCUT2D eigenvalue weighted by atomic mass is 9.96. The van der Waals surface area contributed by atoms with Crippen LogP contribution in [0.25, 0.3) is 0 Å². The summed E-state index contributed by atoms with van der Waals surface area (Å²) in [5.41, 5.74) is -0.674. The normalized spacial score (nSPS) is 45.4. The SMILES string of the molecule is N#CC1(N=C=O)CCC2CC21. The van der Waals surface area contributed by atoms with E-state index < -0.39 is 5.54 Å². The molecule has 0 saturated heterocycles. The fourth-order valence-electron chi connectivity index (χ4n) is 2.13. The standard InChI is InChI=1S/C8H8N2O/c9-4-8(10-5-11)2-1-6-3-7(6)8/h6-7H,1-3H2. The van der Waals surface area contributed by atoms with Gasteiger partial charge in [0.1, 0.15) is 0 Å². The molecule has 2 aliphatic carbocycles. The number of hydrogen-bond acceptors (Lipinski definition) is 3. The molecule has 0 radical (unpaired) electrons. The van der Waals surface area contributed by atoms with E-state index in [1.807, 2.05) is 0 Å². The molecule has 2 aliphatic rings. The predicted molar refractivity (Wildman–Crippen MR) is 37.3 cm³/mol. The molecule has 3 unspecified atom stereocenters. The van der Waals surface area contributed by atoms with Crippen LogP contribution in [0.15, 0.2) is 4.99 Å². The van der Waals surface area contributed by atoms with Crippen molar-refractivity contribution in [2.24, 2.45) is 16.8 Å². The monoisotopic (exact) mass is 148 g/mol. The maximum absolute atomic E-state index is 10.0. The average molecular weight is 148 g/mol. The van der Waals surface area contributed by atoms with Crippen LogP contribution in [-0.2, 0) is 4.79 Å². The first-order valence-electron chi connectivity index (χ1n) is 3.83. The van der Waals surface area contributed by atoms with Gasteiger partial charge in [-0.25, -0.2) is 4.79 Å². The molecule has 56 valence electrons. The molecule has 0 N–H and O–H groups in total. The van der Waals surface area contributed by atoms with Gasteiger partial charge in [-0.15, -0.1) is 0 Å². The molecule has 2 fully saturated rings. The van der Waals surface area contributed by atoms with E-state index >= 15 is 0 Å². The summed E-state index contributed by atoms with van der Waals surface area (Å²) in [6.07, 6.45) is 4.41. The van der Waals surface area contributed by atoms with Gasteiger partial charge >= 0.3 is 0 Å². The molecule has 2 saturated carbocycles. The first-order chi connectivity index (χ1) is 5.32. The van der Waals surface area contributed by atoms with Crippen molar-refractivity contribution in [3.8, 4) is 6.07 Å². The van der Waals surface area contributed by atoms with Gasteiger partial charge in [0, 0.05) is 5.92 Å². The van der Waals surface area contributed by atoms with Gasteiger partial charge in [0.2, 0.25) is 6.08 Å². The van der Waals surface area contributed by atoms with Crippen LogP contribution in [0.3, 0.4) is 0 Å². The highest BCUT2D eigenvalue weighted by Crippen LogP contribution is 2.58. The van der Waals surface area contributed by atoms with E-state index in [1.54, 1.807) is 0 Å². The van der Waals surface area contributed by atoms with Gasteiger partial charge in [0.25, 0.3) is 0 Å². The lowest BCUT2D eigenvalue weighted by Gasteiger charge is -2.13. The lowest BCUT2D eigenvalue weighted by molar-refractivity contribution is 0.484. The Kier molecular flexibility index (Phi) is 1.15. The number of rotatable bonds is 1. The van der Waals surface area contributed by atoms with E-state index in [0.29, 0.717) is 11.8 Å². The predicted octanol–water partition coefficient (Wildman–Crippen LogP) is 1.01. The third kappa shape index (κ3) is 0.735. The Morgan fingerprint density at radius 2 is 2.45 bits per heavy atom. The third-order valence-electron chi connectivity index (χ3n) is 2.87. The van der Waals surface area contributed by atoms with Crippen molar-refractivity contribution in [2.75, 3.05) is 0 Å². The third-order valence-corrected chi connectivity index (χ3v) is 2.87. The van der Waals surface area contributed by atoms with E-state index in [2.05, 4.69) is 11.1 Å². The zero-order valence-electron chi connectivity index (χ0n) is 6.08. The van der Waals surface area contributed by atoms with Gasteiger partial charge < -0.3 is 0 Å². The van der Waals surface area contributed by atoms with Crippen LogP contribution in [0.1, 0.15) is 19.3 Å². The van der Waals surface area contributed by atoms with Crippen LogP contribution in [0, 0.1) is 23.2 Å². The van der Waals surface area contributed by atoms with Crippen molar-refractivity contribution in [1.82, 2.24) is 0 Å². The average Bonchev–Trinajstić information content (AvgIpc) is 2.73. The minimum Gasteiger partial charge on any atom is -0.211 e. The van der Waals surface area contributed by atoms with Crippen LogP contribution in [-0.4, -0.2) is 11.6 Å². The van der Waals surface area contributed by atoms with Crippen molar-refractivity contribution >= 4 is 6.08 Å². The Morgan fingerprint density at radius 1 is 1.64 bits per heavy atom. The van der Waals surface area contributed by atoms with Crippen LogP contribution in [0.4, 0.5) is 0 Å². The van der Waals surface area contributed by atoms with Gasteiger partial charge in [-0.1, -0.05) is 0 Å². The minimum atomic E-state index is -0.674. The molecule has 0 bridgehead atoms. The summed E-state index contributed by atoms with van der Waals surface area (Å²) in [5, 5.41) is 8.82. The van der Waals surface area contributed by atoms with Gasteiger partial charge in [0.15, 0.2) is 5.54 Å². The molecule has 0 spiro atoms. The second-order valence-corrected chi connectivity index (χ2v) is 3.38. The molecule has 0 heterocycles. The van der Waals surface area contributed by atoms with Gasteiger partial charge in [-0.2, -0.15) is 10.3 Å². The van der Waals surface area contributed by atoms with Gasteiger partial charge in [-0.3, -0.25) is 0 Å². The van der Waals surface area contributed by atoms with E-state index in [0.717, 1.165) is 19.3 Å². The van der Waals surface area contributed by atoms with E-state index in [-0.39, 0.29) is 0 Å². The first kappa shape index (κ1) is 6.57. The fourth-order valence-corrected chi connectivity index (χ4v) is 2.13. The Hall–Kier alpha value is -1.13. The molecule has 11 heavy (non-hydrogen) atoms. The smallest absolute Gasteiger partial charge is 0.211 e. The fraction of sp³-hybridized carbons (Fsp3) is 0.750. The molecule has 2 rings (SSSR count). The van der Waals surface area contributed by atoms with Crippen LogP contribution >= 0.6 is 0 Å². The molecule has 0 amide bonds. The zero-order chi connectivity index (χ0) is 7.90. The number of nitrogens with zero attached hydrogens (tertiary/aromatic N) is 2. The Balaban J connectivity index is 2.31. The number of carbonyl (C=O) groups excluding carboxylic acids is 1. The van der Waals surface area contributed by atoms with Crippen LogP contribution in [0.2, 0.25) is 0 Å². The summed E-state index contributed by atoms with van der Waals surface area (Å²) in [6.45, 7) is 0. The highest BCUT2D eigenvalue weighted by molar-refractivity contribution is 5.39. The lowest BCUT2D eigenvalue weighted by Crippen LogP contribution is -2.23. The summed E-state index contributed by atoms with van der Waals surface area (Å²) < 4.78 is 0. The molecule has 3 nitrogen and oxygen atoms in total. The molecular weight excluding hydrogens is 140 g/mol. The van der Waals surface area contributed by atoms with Crippen molar-refractivity contribution in [1.29, 1.82) is 5.26 Å². The van der Waals surface area contributed by atoms with Crippen molar-refractivity contribution < 1.29 is 4.79 Å². The maximum atomic E-state index is 10.0. The van der Waals surface area contributed by atoms with Gasteiger partial charge in [0.05, 0.1) is 6.07 Å². The van der Waals surface area contributed by atoms with Gasteiger partial charge in [-0.05, 0) is 25.2 Å². The molecule has 0 aromatic heterocycles. The number of aliphatic imine (C=N–C) groups is 1. The molecule has 0 aliphatic heterocycles. The second-order valence-electron chi connectivity index (χ2n) is 3.38. The summed E-state index contributed by atoms with van der Waals surface area (Å²) in [6, 6.07) is 2.14.